The highest BCUT2D eigenvalue weighted by Gasteiger charge is 2.03. The van der Waals surface area contributed by atoms with E-state index >= 15 is 0 Å². The Morgan fingerprint density at radius 3 is 2.69 bits per heavy atom. The molecule has 0 aromatic heterocycles. The summed E-state index contributed by atoms with van der Waals surface area (Å²) in [5.74, 6) is 1.90. The van der Waals surface area contributed by atoms with Crippen molar-refractivity contribution < 1.29 is 9.18 Å². The van der Waals surface area contributed by atoms with Gasteiger partial charge in [-0.1, -0.05) is 5.92 Å². The van der Waals surface area contributed by atoms with Crippen LogP contribution in [0.4, 0.5) is 10.1 Å². The molecule has 16 heavy (non-hydrogen) atoms. The molecular formula is C12H13FN2O. The zero-order chi connectivity index (χ0) is 12.0. The van der Waals surface area contributed by atoms with Gasteiger partial charge in [0.1, 0.15) is 5.82 Å². The first-order valence-corrected chi connectivity index (χ1v) is 4.86. The normalized spacial score (nSPS) is 11.6. The van der Waals surface area contributed by atoms with Gasteiger partial charge in [-0.15, -0.1) is 6.42 Å². The van der Waals surface area contributed by atoms with Crippen LogP contribution >= 0.6 is 0 Å². The molecule has 84 valence electrons. The van der Waals surface area contributed by atoms with Gasteiger partial charge in [-0.2, -0.15) is 0 Å². The van der Waals surface area contributed by atoms with Crippen molar-refractivity contribution in [2.45, 2.75) is 13.0 Å². The molecule has 2 N–H and O–H groups in total. The number of terminal acetylenes is 1. The molecule has 1 atom stereocenters. The van der Waals surface area contributed by atoms with Crippen molar-refractivity contribution in [2.75, 3.05) is 11.9 Å². The number of benzene rings is 1. The minimum Gasteiger partial charge on any atom is -0.325 e. The van der Waals surface area contributed by atoms with Gasteiger partial charge in [0, 0.05) is 5.69 Å². The molecule has 0 radical (unpaired) electrons. The zero-order valence-electron chi connectivity index (χ0n) is 8.96. The summed E-state index contributed by atoms with van der Waals surface area (Å²) < 4.78 is 12.6. The van der Waals surface area contributed by atoms with Crippen LogP contribution in [0.5, 0.6) is 0 Å². The number of carbonyl (C=O) groups is 1. The Morgan fingerprint density at radius 2 is 2.12 bits per heavy atom. The number of hydrogen-bond acceptors (Lipinski definition) is 2. The van der Waals surface area contributed by atoms with Gasteiger partial charge in [0.15, 0.2) is 0 Å². The first-order valence-electron chi connectivity index (χ1n) is 4.86. The third kappa shape index (κ3) is 4.11. The molecule has 1 amide bonds. The summed E-state index contributed by atoms with van der Waals surface area (Å²) in [7, 11) is 0. The van der Waals surface area contributed by atoms with Crippen molar-refractivity contribution in [3.8, 4) is 12.3 Å². The molecule has 1 aromatic carbocycles. The Labute approximate surface area is 94.0 Å². The number of carbonyl (C=O) groups excluding carboxylic acids is 1. The first kappa shape index (κ1) is 12.2. The molecule has 3 nitrogen and oxygen atoms in total. The van der Waals surface area contributed by atoms with E-state index in [0.717, 1.165) is 0 Å². The van der Waals surface area contributed by atoms with E-state index in [0.29, 0.717) is 5.69 Å². The highest BCUT2D eigenvalue weighted by Crippen LogP contribution is 2.07. The molecule has 1 aromatic rings. The predicted molar refractivity (Wildman–Crippen MR) is 61.3 cm³/mol. The van der Waals surface area contributed by atoms with Crippen molar-refractivity contribution in [3.63, 3.8) is 0 Å². The van der Waals surface area contributed by atoms with E-state index in [4.69, 9.17) is 6.42 Å². The lowest BCUT2D eigenvalue weighted by atomic mass is 10.3. The van der Waals surface area contributed by atoms with Crippen LogP contribution in [0.1, 0.15) is 6.92 Å². The van der Waals surface area contributed by atoms with Crippen LogP contribution in [-0.2, 0) is 4.79 Å². The predicted octanol–water partition coefficient (Wildman–Crippen LogP) is 1.38. The van der Waals surface area contributed by atoms with Gasteiger partial charge in [0.25, 0.3) is 0 Å². The topological polar surface area (TPSA) is 41.1 Å². The maximum absolute atomic E-state index is 12.6. The van der Waals surface area contributed by atoms with E-state index in [1.165, 1.54) is 24.3 Å². The maximum Gasteiger partial charge on any atom is 0.238 e. The third-order valence-corrected chi connectivity index (χ3v) is 1.95. The Bertz CT molecular complexity index is 394. The number of halogens is 1. The molecule has 0 aliphatic carbocycles. The molecule has 0 heterocycles. The quantitative estimate of drug-likeness (QED) is 0.752. The lowest BCUT2D eigenvalue weighted by molar-refractivity contribution is -0.115. The zero-order valence-corrected chi connectivity index (χ0v) is 8.96. The van der Waals surface area contributed by atoms with Gasteiger partial charge < -0.3 is 5.32 Å². The van der Waals surface area contributed by atoms with E-state index in [2.05, 4.69) is 16.6 Å². The largest absolute Gasteiger partial charge is 0.325 e. The minimum absolute atomic E-state index is 0.128. The van der Waals surface area contributed by atoms with E-state index < -0.39 is 0 Å². The average molecular weight is 220 g/mol. The van der Waals surface area contributed by atoms with Crippen molar-refractivity contribution >= 4 is 11.6 Å². The van der Waals surface area contributed by atoms with Crippen LogP contribution in [0, 0.1) is 18.2 Å². The second-order valence-electron chi connectivity index (χ2n) is 3.32. The van der Waals surface area contributed by atoms with Gasteiger partial charge >= 0.3 is 0 Å². The Kier molecular flexibility index (Phi) is 4.49. The average Bonchev–Trinajstić information content (AvgIpc) is 2.29. The fourth-order valence-corrected chi connectivity index (χ4v) is 1.04. The number of nitrogens with one attached hydrogen (secondary N) is 2. The first-order chi connectivity index (χ1) is 7.61. The van der Waals surface area contributed by atoms with E-state index in [1.807, 2.05) is 0 Å². The Hall–Kier alpha value is -1.86. The molecule has 4 heteroatoms. The molecule has 0 saturated heterocycles. The van der Waals surface area contributed by atoms with Gasteiger partial charge in [-0.05, 0) is 31.2 Å². The van der Waals surface area contributed by atoms with E-state index in [-0.39, 0.29) is 24.3 Å². The van der Waals surface area contributed by atoms with Crippen LogP contribution in [0.15, 0.2) is 24.3 Å². The standard InChI is InChI=1S/C12H13FN2O/c1-3-9(2)14-8-12(16)15-11-6-4-10(13)5-7-11/h1,4-7,9,14H,8H2,2H3,(H,15,16). The van der Waals surface area contributed by atoms with Crippen molar-refractivity contribution in [2.24, 2.45) is 0 Å². The van der Waals surface area contributed by atoms with Crippen molar-refractivity contribution in [1.82, 2.24) is 5.32 Å². The van der Waals surface area contributed by atoms with Gasteiger partial charge in [-0.25, -0.2) is 4.39 Å². The van der Waals surface area contributed by atoms with E-state index in [1.54, 1.807) is 6.92 Å². The van der Waals surface area contributed by atoms with Gasteiger partial charge in [0.05, 0.1) is 12.6 Å². The van der Waals surface area contributed by atoms with E-state index in [9.17, 15) is 9.18 Å². The molecule has 1 rings (SSSR count). The van der Waals surface area contributed by atoms with Crippen LogP contribution in [-0.4, -0.2) is 18.5 Å². The van der Waals surface area contributed by atoms with Gasteiger partial charge in [0.2, 0.25) is 5.91 Å². The van der Waals surface area contributed by atoms with Crippen molar-refractivity contribution in [1.29, 1.82) is 0 Å². The monoisotopic (exact) mass is 220 g/mol. The highest BCUT2D eigenvalue weighted by molar-refractivity contribution is 5.92. The second-order valence-corrected chi connectivity index (χ2v) is 3.32. The molecule has 0 fully saturated rings. The minimum atomic E-state index is -0.336. The third-order valence-electron chi connectivity index (χ3n) is 1.95. The molecule has 1 unspecified atom stereocenters. The van der Waals surface area contributed by atoms with Crippen LogP contribution < -0.4 is 10.6 Å². The highest BCUT2D eigenvalue weighted by atomic mass is 19.1. The summed E-state index contributed by atoms with van der Waals surface area (Å²) >= 11 is 0. The Balaban J connectivity index is 2.40. The van der Waals surface area contributed by atoms with Crippen LogP contribution in [0.25, 0.3) is 0 Å². The SMILES string of the molecule is C#CC(C)NCC(=O)Nc1ccc(F)cc1. The molecule has 0 aliphatic rings. The fraction of sp³-hybridized carbons (Fsp3) is 0.250. The summed E-state index contributed by atoms with van der Waals surface area (Å²) in [4.78, 5) is 11.4. The van der Waals surface area contributed by atoms with Crippen LogP contribution in [0.3, 0.4) is 0 Å². The number of anilines is 1. The summed E-state index contributed by atoms with van der Waals surface area (Å²) in [5.41, 5.74) is 0.557. The molecular weight excluding hydrogens is 207 g/mol. The van der Waals surface area contributed by atoms with Crippen molar-refractivity contribution in [3.05, 3.63) is 30.1 Å². The molecule has 0 saturated carbocycles. The molecule has 0 bridgehead atoms. The lowest BCUT2D eigenvalue weighted by Crippen LogP contribution is -2.33. The summed E-state index contributed by atoms with van der Waals surface area (Å²) in [6.07, 6.45) is 5.14. The summed E-state index contributed by atoms with van der Waals surface area (Å²) in [5, 5.41) is 5.45. The molecule has 0 aliphatic heterocycles. The van der Waals surface area contributed by atoms with Gasteiger partial charge in [-0.3, -0.25) is 10.1 Å². The number of amides is 1. The molecule has 0 spiro atoms. The second kappa shape index (κ2) is 5.89. The summed E-state index contributed by atoms with van der Waals surface area (Å²) in [6, 6.07) is 5.41. The number of rotatable bonds is 4. The Morgan fingerprint density at radius 1 is 1.50 bits per heavy atom. The smallest absolute Gasteiger partial charge is 0.238 e. The van der Waals surface area contributed by atoms with Crippen LogP contribution in [0.2, 0.25) is 0 Å². The lowest BCUT2D eigenvalue weighted by Gasteiger charge is -2.08. The number of hydrogen-bond donors (Lipinski definition) is 2. The summed E-state index contributed by atoms with van der Waals surface area (Å²) in [6.45, 7) is 1.91. The maximum atomic E-state index is 12.6. The fourth-order valence-electron chi connectivity index (χ4n) is 1.04.